The number of aliphatic hydroxyl groups is 1. The maximum Gasteiger partial charge on any atom is 0.256 e. The molecule has 25 heavy (non-hydrogen) atoms. The number of pyridine rings is 1. The van der Waals surface area contributed by atoms with E-state index in [1.807, 2.05) is 38.1 Å². The first-order chi connectivity index (χ1) is 11.8. The Balaban J connectivity index is 2.23. The van der Waals surface area contributed by atoms with Gasteiger partial charge in [-0.25, -0.2) is 0 Å². The van der Waals surface area contributed by atoms with E-state index in [4.69, 9.17) is 0 Å². The molecule has 0 radical (unpaired) electrons. The molecule has 0 aliphatic rings. The molecule has 1 atom stereocenters. The molecule has 1 N–H and O–H groups in total. The summed E-state index contributed by atoms with van der Waals surface area (Å²) < 4.78 is 1.43. The summed E-state index contributed by atoms with van der Waals surface area (Å²) in [6.45, 7) is 7.97. The number of nitrogens with zero attached hydrogens (tertiary/aromatic N) is 2. The van der Waals surface area contributed by atoms with Gasteiger partial charge in [-0.3, -0.25) is 9.59 Å². The van der Waals surface area contributed by atoms with Crippen LogP contribution in [0.2, 0.25) is 0 Å². The molecule has 5 nitrogen and oxygen atoms in total. The molecule has 1 aromatic heterocycles. The van der Waals surface area contributed by atoms with Crippen LogP contribution < -0.4 is 5.56 Å². The molecule has 0 aliphatic heterocycles. The highest BCUT2D eigenvalue weighted by Crippen LogP contribution is 2.17. The minimum absolute atomic E-state index is 0.0678. The Morgan fingerprint density at radius 3 is 2.44 bits per heavy atom. The lowest BCUT2D eigenvalue weighted by Crippen LogP contribution is -2.50. The van der Waals surface area contributed by atoms with Crippen LogP contribution in [0.15, 0.2) is 47.3 Å². The van der Waals surface area contributed by atoms with Crippen molar-refractivity contribution in [3.8, 4) is 0 Å². The van der Waals surface area contributed by atoms with Gasteiger partial charge < -0.3 is 14.6 Å². The number of amides is 1. The van der Waals surface area contributed by atoms with E-state index in [0.717, 1.165) is 11.1 Å². The van der Waals surface area contributed by atoms with Crippen molar-refractivity contribution in [3.05, 3.63) is 69.6 Å². The molecule has 134 valence electrons. The molecule has 0 bridgehead atoms. The summed E-state index contributed by atoms with van der Waals surface area (Å²) in [5.74, 6) is -0.381. The summed E-state index contributed by atoms with van der Waals surface area (Å²) in [6, 6.07) is 12.8. The van der Waals surface area contributed by atoms with Crippen molar-refractivity contribution in [2.45, 2.75) is 46.4 Å². The van der Waals surface area contributed by atoms with Gasteiger partial charge in [0.2, 0.25) is 0 Å². The fourth-order valence-corrected chi connectivity index (χ4v) is 2.86. The Labute approximate surface area is 148 Å². The number of hydrogen-bond donors (Lipinski definition) is 1. The van der Waals surface area contributed by atoms with Crippen LogP contribution in [-0.2, 0) is 17.9 Å². The van der Waals surface area contributed by atoms with Gasteiger partial charge in [-0.2, -0.15) is 0 Å². The number of likely N-dealkylation sites (N-methyl/N-ethyl adjacent to an activating group) is 1. The van der Waals surface area contributed by atoms with Crippen molar-refractivity contribution in [1.82, 2.24) is 9.47 Å². The van der Waals surface area contributed by atoms with Gasteiger partial charge in [0, 0.05) is 24.8 Å². The van der Waals surface area contributed by atoms with Crippen LogP contribution in [-0.4, -0.2) is 32.6 Å². The van der Waals surface area contributed by atoms with E-state index in [0.29, 0.717) is 18.8 Å². The average Bonchev–Trinajstić information content (AvgIpc) is 2.57. The molecule has 0 fully saturated rings. The van der Waals surface area contributed by atoms with Crippen LogP contribution in [0.25, 0.3) is 0 Å². The van der Waals surface area contributed by atoms with Crippen molar-refractivity contribution in [2.75, 3.05) is 6.54 Å². The third-order valence-electron chi connectivity index (χ3n) is 4.49. The van der Waals surface area contributed by atoms with Crippen LogP contribution in [0.1, 0.15) is 30.7 Å². The van der Waals surface area contributed by atoms with E-state index >= 15 is 0 Å². The Bertz CT molecular complexity index is 809. The van der Waals surface area contributed by atoms with Crippen molar-refractivity contribution in [3.63, 3.8) is 0 Å². The highest BCUT2D eigenvalue weighted by atomic mass is 16.3. The van der Waals surface area contributed by atoms with Gasteiger partial charge in [0.15, 0.2) is 5.60 Å². The van der Waals surface area contributed by atoms with Gasteiger partial charge >= 0.3 is 0 Å². The summed E-state index contributed by atoms with van der Waals surface area (Å²) in [4.78, 5) is 26.6. The van der Waals surface area contributed by atoms with Gasteiger partial charge in [0.1, 0.15) is 0 Å². The Morgan fingerprint density at radius 1 is 1.16 bits per heavy atom. The Morgan fingerprint density at radius 2 is 1.84 bits per heavy atom. The van der Waals surface area contributed by atoms with Gasteiger partial charge in [-0.1, -0.05) is 30.3 Å². The zero-order valence-electron chi connectivity index (χ0n) is 15.3. The van der Waals surface area contributed by atoms with Crippen LogP contribution in [0.4, 0.5) is 0 Å². The van der Waals surface area contributed by atoms with Crippen LogP contribution in [0.5, 0.6) is 0 Å². The summed E-state index contributed by atoms with van der Waals surface area (Å²) >= 11 is 0. The van der Waals surface area contributed by atoms with E-state index < -0.39 is 5.60 Å². The summed E-state index contributed by atoms with van der Waals surface area (Å²) in [7, 11) is 0. The maximum atomic E-state index is 12.9. The number of hydrogen-bond acceptors (Lipinski definition) is 3. The SMILES string of the molecule is CCN(Cc1ccccc1C)C(=O)C(C)(O)Cn1c(C)cccc1=O. The molecule has 1 aromatic carbocycles. The normalized spacial score (nSPS) is 13.3. The van der Waals surface area contributed by atoms with E-state index in [9.17, 15) is 14.7 Å². The van der Waals surface area contributed by atoms with Gasteiger partial charge in [0.25, 0.3) is 11.5 Å². The first kappa shape index (κ1) is 18.9. The molecule has 0 saturated carbocycles. The minimum Gasteiger partial charge on any atom is -0.378 e. The van der Waals surface area contributed by atoms with Crippen LogP contribution in [0, 0.1) is 13.8 Å². The fourth-order valence-electron chi connectivity index (χ4n) is 2.86. The summed E-state index contributed by atoms with van der Waals surface area (Å²) in [6.07, 6.45) is 0. The van der Waals surface area contributed by atoms with Gasteiger partial charge in [-0.15, -0.1) is 0 Å². The second-order valence-corrected chi connectivity index (χ2v) is 6.61. The highest BCUT2D eigenvalue weighted by molar-refractivity contribution is 5.84. The van der Waals surface area contributed by atoms with Crippen molar-refractivity contribution < 1.29 is 9.90 Å². The standard InChI is InChI=1S/C20H26N2O3/c1-5-21(13-17-11-7-6-9-15(17)2)19(24)20(4,25)14-22-16(3)10-8-12-18(22)23/h6-12,25H,5,13-14H2,1-4H3. The Hall–Kier alpha value is -2.40. The molecule has 1 unspecified atom stereocenters. The second-order valence-electron chi connectivity index (χ2n) is 6.61. The van der Waals surface area contributed by atoms with Crippen molar-refractivity contribution >= 4 is 5.91 Å². The largest absolute Gasteiger partial charge is 0.378 e. The number of benzene rings is 1. The molecular weight excluding hydrogens is 316 g/mol. The number of rotatable bonds is 6. The molecule has 2 rings (SSSR count). The van der Waals surface area contributed by atoms with Crippen molar-refractivity contribution in [2.24, 2.45) is 0 Å². The predicted molar refractivity (Wildman–Crippen MR) is 98.3 cm³/mol. The fraction of sp³-hybridized carbons (Fsp3) is 0.400. The lowest BCUT2D eigenvalue weighted by molar-refractivity contribution is -0.151. The average molecular weight is 342 g/mol. The lowest BCUT2D eigenvalue weighted by atomic mass is 10.0. The third kappa shape index (κ3) is 4.37. The number of carbonyl (C=O) groups excluding carboxylic acids is 1. The van der Waals surface area contributed by atoms with Crippen LogP contribution in [0.3, 0.4) is 0 Å². The number of carbonyl (C=O) groups is 1. The molecular formula is C20H26N2O3. The number of aryl methyl sites for hydroxylation is 2. The van der Waals surface area contributed by atoms with E-state index in [-0.39, 0.29) is 18.0 Å². The van der Waals surface area contributed by atoms with E-state index in [2.05, 4.69) is 0 Å². The van der Waals surface area contributed by atoms with Crippen molar-refractivity contribution in [1.29, 1.82) is 0 Å². The zero-order chi connectivity index (χ0) is 18.6. The minimum atomic E-state index is -1.66. The Kier molecular flexibility index (Phi) is 5.80. The third-order valence-corrected chi connectivity index (χ3v) is 4.49. The highest BCUT2D eigenvalue weighted by Gasteiger charge is 2.35. The molecule has 0 saturated heterocycles. The zero-order valence-corrected chi connectivity index (χ0v) is 15.3. The molecule has 1 amide bonds. The molecule has 5 heteroatoms. The monoisotopic (exact) mass is 342 g/mol. The molecule has 2 aromatic rings. The second kappa shape index (κ2) is 7.66. The first-order valence-electron chi connectivity index (χ1n) is 8.49. The summed E-state index contributed by atoms with van der Waals surface area (Å²) in [5, 5.41) is 10.8. The summed E-state index contributed by atoms with van der Waals surface area (Å²) in [5.41, 5.74) is 0.969. The van der Waals surface area contributed by atoms with E-state index in [1.165, 1.54) is 17.6 Å². The maximum absolute atomic E-state index is 12.9. The molecule has 1 heterocycles. The van der Waals surface area contributed by atoms with E-state index in [1.54, 1.807) is 24.0 Å². The number of aromatic nitrogens is 1. The molecule has 0 aliphatic carbocycles. The van der Waals surface area contributed by atoms with Crippen LogP contribution >= 0.6 is 0 Å². The quantitative estimate of drug-likeness (QED) is 0.876. The predicted octanol–water partition coefficient (Wildman–Crippen LogP) is 2.26. The molecule has 0 spiro atoms. The topological polar surface area (TPSA) is 62.5 Å². The first-order valence-corrected chi connectivity index (χ1v) is 8.49. The van der Waals surface area contributed by atoms with Gasteiger partial charge in [-0.05, 0) is 44.9 Å². The van der Waals surface area contributed by atoms with Gasteiger partial charge in [0.05, 0.1) is 6.54 Å². The smallest absolute Gasteiger partial charge is 0.256 e. The lowest BCUT2D eigenvalue weighted by Gasteiger charge is -2.31.